The maximum absolute atomic E-state index is 13.8. The van der Waals surface area contributed by atoms with Crippen LogP contribution < -0.4 is 9.75 Å². The van der Waals surface area contributed by atoms with Gasteiger partial charge in [0.1, 0.15) is 5.75 Å². The number of hydrogen-bond acceptors (Lipinski definition) is 6. The molecule has 1 atom stereocenters. The van der Waals surface area contributed by atoms with E-state index in [1.54, 1.807) is 41.8 Å². The Hall–Kier alpha value is -2.43. The van der Waals surface area contributed by atoms with Crippen LogP contribution in [0.1, 0.15) is 12.0 Å². The predicted molar refractivity (Wildman–Crippen MR) is 113 cm³/mol. The molecule has 0 aliphatic carbocycles. The number of benzene rings is 2. The number of rotatable bonds is 4. The normalized spacial score (nSPS) is 19.1. The molecule has 0 saturated carbocycles. The zero-order chi connectivity index (χ0) is 21.5. The van der Waals surface area contributed by atoms with Gasteiger partial charge in [0, 0.05) is 15.4 Å². The number of hydrogen-bond donors (Lipinski definition) is 1. The van der Waals surface area contributed by atoms with Gasteiger partial charge in [-0.25, -0.2) is 4.98 Å². The monoisotopic (exact) mass is 497 g/mol. The van der Waals surface area contributed by atoms with E-state index in [2.05, 4.69) is 26.0 Å². The van der Waals surface area contributed by atoms with Crippen molar-refractivity contribution in [3.63, 3.8) is 0 Å². The molecule has 3 aromatic rings. The van der Waals surface area contributed by atoms with Crippen molar-refractivity contribution >= 4 is 38.1 Å². The number of aromatic nitrogens is 1. The van der Waals surface area contributed by atoms with Gasteiger partial charge in [-0.2, -0.15) is 23.3 Å². The number of methoxy groups -OCH3 is 1. The molecule has 1 N–H and O–H groups in total. The maximum Gasteiger partial charge on any atom is 0.438 e. The molecule has 2 aromatic carbocycles. The Bertz CT molecular complexity index is 1080. The zero-order valence-electron chi connectivity index (χ0n) is 15.5. The first-order valence-electron chi connectivity index (χ1n) is 8.74. The van der Waals surface area contributed by atoms with Gasteiger partial charge >= 0.3 is 6.18 Å². The van der Waals surface area contributed by atoms with Crippen molar-refractivity contribution in [2.24, 2.45) is 5.10 Å². The molecule has 30 heavy (non-hydrogen) atoms. The summed E-state index contributed by atoms with van der Waals surface area (Å²) >= 11 is 4.33. The zero-order valence-corrected chi connectivity index (χ0v) is 17.9. The molecule has 10 heteroatoms. The van der Waals surface area contributed by atoms with E-state index in [0.717, 1.165) is 21.4 Å². The lowest BCUT2D eigenvalue weighted by molar-refractivity contribution is -0.254. The average molecular weight is 498 g/mol. The molecule has 1 aromatic heterocycles. The van der Waals surface area contributed by atoms with Crippen molar-refractivity contribution in [3.8, 4) is 17.0 Å². The summed E-state index contributed by atoms with van der Waals surface area (Å²) in [5.41, 5.74) is -1.37. The van der Waals surface area contributed by atoms with Gasteiger partial charge in [0.05, 0.1) is 24.9 Å². The topological polar surface area (TPSA) is 58.0 Å². The lowest BCUT2D eigenvalue weighted by Crippen LogP contribution is -2.55. The highest BCUT2D eigenvalue weighted by molar-refractivity contribution is 9.10. The number of anilines is 1. The van der Waals surface area contributed by atoms with Crippen molar-refractivity contribution in [3.05, 3.63) is 63.9 Å². The highest BCUT2D eigenvalue weighted by Gasteiger charge is 2.62. The van der Waals surface area contributed by atoms with Gasteiger partial charge in [0.15, 0.2) is 0 Å². The summed E-state index contributed by atoms with van der Waals surface area (Å²) in [7, 11) is 1.50. The van der Waals surface area contributed by atoms with Crippen LogP contribution in [0.5, 0.6) is 5.75 Å². The summed E-state index contributed by atoms with van der Waals surface area (Å²) in [6.45, 7) is 0. The molecule has 4 rings (SSSR count). The third-order valence-electron chi connectivity index (χ3n) is 4.68. The number of nitrogens with zero attached hydrogens (tertiary/aromatic N) is 3. The van der Waals surface area contributed by atoms with Gasteiger partial charge in [-0.15, -0.1) is 11.3 Å². The van der Waals surface area contributed by atoms with Crippen LogP contribution in [0.15, 0.2) is 63.5 Å². The molecule has 0 spiro atoms. The van der Waals surface area contributed by atoms with E-state index in [9.17, 15) is 18.3 Å². The Labute approximate surface area is 182 Å². The van der Waals surface area contributed by atoms with Crippen LogP contribution in [0.2, 0.25) is 0 Å². The van der Waals surface area contributed by atoms with Crippen LogP contribution in [0.25, 0.3) is 11.3 Å². The fourth-order valence-electron chi connectivity index (χ4n) is 3.03. The first-order chi connectivity index (χ1) is 14.2. The predicted octanol–water partition coefficient (Wildman–Crippen LogP) is 5.45. The molecule has 1 aliphatic heterocycles. The second-order valence-corrected chi connectivity index (χ2v) is 8.35. The molecule has 0 fully saturated rings. The summed E-state index contributed by atoms with van der Waals surface area (Å²) < 4.78 is 47.5. The van der Waals surface area contributed by atoms with Crippen LogP contribution in [-0.4, -0.2) is 34.8 Å². The number of hydrazone groups is 1. The minimum Gasteiger partial charge on any atom is -0.497 e. The molecular weight excluding hydrogens is 483 g/mol. The van der Waals surface area contributed by atoms with E-state index >= 15 is 0 Å². The summed E-state index contributed by atoms with van der Waals surface area (Å²) in [6, 6.07) is 13.7. The molecular formula is C20H15BrF3N3O2S. The molecule has 0 radical (unpaired) electrons. The minimum atomic E-state index is -4.94. The van der Waals surface area contributed by atoms with Gasteiger partial charge in [-0.3, -0.25) is 0 Å². The van der Waals surface area contributed by atoms with Gasteiger partial charge in [-0.1, -0.05) is 28.1 Å². The van der Waals surface area contributed by atoms with Crippen molar-refractivity contribution in [1.82, 2.24) is 4.98 Å². The molecule has 0 saturated heterocycles. The Kier molecular flexibility index (Phi) is 5.33. The number of aliphatic hydroxyl groups is 1. The van der Waals surface area contributed by atoms with E-state index in [1.165, 1.54) is 7.11 Å². The quantitative estimate of drug-likeness (QED) is 0.520. The molecule has 156 valence electrons. The maximum atomic E-state index is 13.8. The Morgan fingerprint density at radius 3 is 2.33 bits per heavy atom. The van der Waals surface area contributed by atoms with E-state index in [0.29, 0.717) is 22.0 Å². The molecule has 0 amide bonds. The van der Waals surface area contributed by atoms with Crippen molar-refractivity contribution in [2.45, 2.75) is 18.3 Å². The third-order valence-corrected chi connectivity index (χ3v) is 6.02. The molecule has 2 heterocycles. The summed E-state index contributed by atoms with van der Waals surface area (Å²) in [5, 5.41) is 16.9. The summed E-state index contributed by atoms with van der Waals surface area (Å²) in [4.78, 5) is 4.30. The second-order valence-electron chi connectivity index (χ2n) is 6.60. The number of thiazole rings is 1. The van der Waals surface area contributed by atoms with E-state index < -0.39 is 18.3 Å². The number of halogens is 4. The number of alkyl halides is 3. The Morgan fingerprint density at radius 1 is 1.10 bits per heavy atom. The van der Waals surface area contributed by atoms with Crippen molar-refractivity contribution in [1.29, 1.82) is 0 Å². The standard InChI is InChI=1S/C20H15BrF3N3O2S/c1-29-15-8-4-12(5-9-15)16-10-19(28,20(22,23)24)27(26-16)18-25-17(11-30-18)13-2-6-14(21)7-3-13/h2-9,11,28H,10H2,1H3. The Balaban J connectivity index is 1.72. The second kappa shape index (κ2) is 7.68. The third kappa shape index (κ3) is 3.70. The van der Waals surface area contributed by atoms with Gasteiger partial charge in [0.25, 0.3) is 5.72 Å². The lowest BCUT2D eigenvalue weighted by atomic mass is 10.0. The van der Waals surface area contributed by atoms with E-state index in [1.807, 2.05) is 12.1 Å². The lowest BCUT2D eigenvalue weighted by Gasteiger charge is -2.32. The highest BCUT2D eigenvalue weighted by Crippen LogP contribution is 2.45. The van der Waals surface area contributed by atoms with Crippen molar-refractivity contribution < 1.29 is 23.0 Å². The summed E-state index contributed by atoms with van der Waals surface area (Å²) in [5.74, 6) is 0.569. The fourth-order valence-corrected chi connectivity index (χ4v) is 4.14. The SMILES string of the molecule is COc1ccc(C2=NN(c3nc(-c4ccc(Br)cc4)cs3)C(O)(C(F)(F)F)C2)cc1. The minimum absolute atomic E-state index is 0.0451. The van der Waals surface area contributed by atoms with E-state index in [-0.39, 0.29) is 10.8 Å². The molecule has 1 aliphatic rings. The largest absolute Gasteiger partial charge is 0.497 e. The van der Waals surface area contributed by atoms with Gasteiger partial charge in [0.2, 0.25) is 5.13 Å². The number of ether oxygens (including phenoxy) is 1. The average Bonchev–Trinajstić information content (AvgIpc) is 3.33. The highest BCUT2D eigenvalue weighted by atomic mass is 79.9. The van der Waals surface area contributed by atoms with Crippen LogP contribution in [0, 0.1) is 0 Å². The first kappa shape index (κ1) is 20.8. The van der Waals surface area contributed by atoms with Crippen LogP contribution in [-0.2, 0) is 0 Å². The van der Waals surface area contributed by atoms with Crippen LogP contribution in [0.3, 0.4) is 0 Å². The van der Waals surface area contributed by atoms with Crippen LogP contribution in [0.4, 0.5) is 18.3 Å². The molecule has 1 unspecified atom stereocenters. The fraction of sp³-hybridized carbons (Fsp3) is 0.200. The molecule has 5 nitrogen and oxygen atoms in total. The van der Waals surface area contributed by atoms with Crippen LogP contribution >= 0.6 is 27.3 Å². The summed E-state index contributed by atoms with van der Waals surface area (Å²) in [6.07, 6.45) is -5.65. The van der Waals surface area contributed by atoms with Crippen molar-refractivity contribution in [2.75, 3.05) is 12.1 Å². The molecule has 0 bridgehead atoms. The Morgan fingerprint density at radius 2 is 1.73 bits per heavy atom. The first-order valence-corrected chi connectivity index (χ1v) is 10.4. The van der Waals surface area contributed by atoms with E-state index in [4.69, 9.17) is 4.74 Å². The van der Waals surface area contributed by atoms with Gasteiger partial charge < -0.3 is 9.84 Å². The smallest absolute Gasteiger partial charge is 0.438 e. The van der Waals surface area contributed by atoms with Gasteiger partial charge in [-0.05, 0) is 42.0 Å².